The number of benzene rings is 3. The van der Waals surface area contributed by atoms with Crippen molar-refractivity contribution in [2.75, 3.05) is 16.8 Å². The summed E-state index contributed by atoms with van der Waals surface area (Å²) in [6.07, 6.45) is 0. The number of aryl methyl sites for hydroxylation is 1. The van der Waals surface area contributed by atoms with Gasteiger partial charge in [0.1, 0.15) is 0 Å². The molecule has 0 fully saturated rings. The average Bonchev–Trinajstić information content (AvgIpc) is 2.75. The Balaban J connectivity index is 1.78. The standard InChI is InChI=1S/C24H23N3O2S/c1-3-27(18-12-5-4-6-13-18)23(29)20-15-9-10-16-21(20)25-24(30)26-22(28)19-14-8-7-11-17(19)2/h4-16H,3H2,1-2H3,(H2,25,26,28,30). The van der Waals surface area contributed by atoms with Crippen LogP contribution in [0.1, 0.15) is 33.2 Å². The van der Waals surface area contributed by atoms with Crippen LogP contribution in [-0.4, -0.2) is 23.5 Å². The monoisotopic (exact) mass is 417 g/mol. The molecule has 3 rings (SSSR count). The van der Waals surface area contributed by atoms with Crippen LogP contribution in [0.3, 0.4) is 0 Å². The molecule has 3 aromatic carbocycles. The molecule has 5 nitrogen and oxygen atoms in total. The maximum atomic E-state index is 13.2. The number of nitrogens with one attached hydrogen (secondary N) is 2. The zero-order chi connectivity index (χ0) is 21.5. The van der Waals surface area contributed by atoms with Crippen LogP contribution in [0.15, 0.2) is 78.9 Å². The molecule has 3 aromatic rings. The first kappa shape index (κ1) is 21.2. The first-order chi connectivity index (χ1) is 14.5. The van der Waals surface area contributed by atoms with Crippen molar-refractivity contribution in [1.29, 1.82) is 0 Å². The topological polar surface area (TPSA) is 61.4 Å². The Bertz CT molecular complexity index is 1070. The number of anilines is 2. The summed E-state index contributed by atoms with van der Waals surface area (Å²) in [5.74, 6) is -0.450. The molecular formula is C24H23N3O2S. The van der Waals surface area contributed by atoms with E-state index in [4.69, 9.17) is 12.2 Å². The Morgan fingerprint density at radius 3 is 2.13 bits per heavy atom. The van der Waals surface area contributed by atoms with E-state index in [9.17, 15) is 9.59 Å². The third-order valence-electron chi connectivity index (χ3n) is 4.65. The van der Waals surface area contributed by atoms with Gasteiger partial charge in [-0.1, -0.05) is 48.5 Å². The van der Waals surface area contributed by atoms with E-state index in [0.29, 0.717) is 23.4 Å². The van der Waals surface area contributed by atoms with Crippen molar-refractivity contribution in [2.45, 2.75) is 13.8 Å². The van der Waals surface area contributed by atoms with Crippen LogP contribution in [0.25, 0.3) is 0 Å². The summed E-state index contributed by atoms with van der Waals surface area (Å²) in [6, 6.07) is 23.9. The second kappa shape index (κ2) is 9.80. The van der Waals surface area contributed by atoms with Crippen molar-refractivity contribution < 1.29 is 9.59 Å². The normalized spacial score (nSPS) is 10.2. The highest BCUT2D eigenvalue weighted by atomic mass is 32.1. The van der Waals surface area contributed by atoms with Gasteiger partial charge < -0.3 is 10.2 Å². The minimum Gasteiger partial charge on any atom is -0.332 e. The Kier molecular flexibility index (Phi) is 6.93. The van der Waals surface area contributed by atoms with Gasteiger partial charge in [-0.05, 0) is 62.0 Å². The maximum Gasteiger partial charge on any atom is 0.260 e. The highest BCUT2D eigenvalue weighted by Crippen LogP contribution is 2.22. The predicted octanol–water partition coefficient (Wildman–Crippen LogP) is 4.79. The van der Waals surface area contributed by atoms with Gasteiger partial charge in [0.15, 0.2) is 5.11 Å². The molecule has 0 saturated carbocycles. The Morgan fingerprint density at radius 1 is 0.867 bits per heavy atom. The van der Waals surface area contributed by atoms with E-state index in [-0.39, 0.29) is 16.9 Å². The molecule has 152 valence electrons. The second-order valence-electron chi connectivity index (χ2n) is 6.65. The molecule has 0 heterocycles. The lowest BCUT2D eigenvalue weighted by Crippen LogP contribution is -2.36. The Morgan fingerprint density at radius 2 is 1.47 bits per heavy atom. The number of hydrogen-bond donors (Lipinski definition) is 2. The number of carbonyl (C=O) groups excluding carboxylic acids is 2. The molecule has 30 heavy (non-hydrogen) atoms. The van der Waals surface area contributed by atoms with Crippen LogP contribution in [0, 0.1) is 6.92 Å². The fourth-order valence-corrected chi connectivity index (χ4v) is 3.33. The van der Waals surface area contributed by atoms with Gasteiger partial charge in [-0.25, -0.2) is 0 Å². The van der Waals surface area contributed by atoms with Gasteiger partial charge in [-0.15, -0.1) is 0 Å². The fourth-order valence-electron chi connectivity index (χ4n) is 3.13. The molecule has 0 aliphatic carbocycles. The van der Waals surface area contributed by atoms with Crippen LogP contribution >= 0.6 is 12.2 Å². The van der Waals surface area contributed by atoms with Crippen molar-refractivity contribution in [3.63, 3.8) is 0 Å². The SMILES string of the molecule is CCN(C(=O)c1ccccc1NC(=S)NC(=O)c1ccccc1C)c1ccccc1. The van der Waals surface area contributed by atoms with Crippen LogP contribution in [0.5, 0.6) is 0 Å². The predicted molar refractivity (Wildman–Crippen MR) is 125 cm³/mol. The molecule has 0 saturated heterocycles. The van der Waals surface area contributed by atoms with E-state index in [1.165, 1.54) is 0 Å². The fraction of sp³-hybridized carbons (Fsp3) is 0.125. The molecule has 2 amide bonds. The molecule has 0 aliphatic heterocycles. The molecule has 0 bridgehead atoms. The maximum absolute atomic E-state index is 13.2. The lowest BCUT2D eigenvalue weighted by atomic mass is 10.1. The van der Waals surface area contributed by atoms with Crippen LogP contribution in [0.2, 0.25) is 0 Å². The molecule has 6 heteroatoms. The van der Waals surface area contributed by atoms with Gasteiger partial charge in [0, 0.05) is 17.8 Å². The third kappa shape index (κ3) is 4.90. The first-order valence-electron chi connectivity index (χ1n) is 9.65. The summed E-state index contributed by atoms with van der Waals surface area (Å²) in [5.41, 5.74) is 3.22. The van der Waals surface area contributed by atoms with Gasteiger partial charge in [0.2, 0.25) is 0 Å². The molecule has 0 radical (unpaired) electrons. The number of rotatable bonds is 5. The van der Waals surface area contributed by atoms with E-state index in [1.54, 1.807) is 35.2 Å². The summed E-state index contributed by atoms with van der Waals surface area (Å²) in [5, 5.41) is 5.81. The number of nitrogens with zero attached hydrogens (tertiary/aromatic N) is 1. The van der Waals surface area contributed by atoms with Gasteiger partial charge in [0.25, 0.3) is 11.8 Å². The van der Waals surface area contributed by atoms with E-state index < -0.39 is 0 Å². The second-order valence-corrected chi connectivity index (χ2v) is 7.06. The van der Waals surface area contributed by atoms with Crippen molar-refractivity contribution in [3.05, 3.63) is 95.6 Å². The van der Waals surface area contributed by atoms with Gasteiger partial charge >= 0.3 is 0 Å². The van der Waals surface area contributed by atoms with Gasteiger partial charge in [-0.3, -0.25) is 14.9 Å². The number of hydrogen-bond acceptors (Lipinski definition) is 3. The van der Waals surface area contributed by atoms with E-state index in [1.807, 2.05) is 62.4 Å². The van der Waals surface area contributed by atoms with Crippen LogP contribution < -0.4 is 15.5 Å². The molecule has 0 unspecified atom stereocenters. The van der Waals surface area contributed by atoms with E-state index in [0.717, 1.165) is 11.3 Å². The molecule has 0 aromatic heterocycles. The Labute approximate surface area is 181 Å². The number of amides is 2. The minimum absolute atomic E-state index is 0.131. The summed E-state index contributed by atoms with van der Waals surface area (Å²) >= 11 is 5.32. The van der Waals surface area contributed by atoms with Crippen molar-refractivity contribution in [1.82, 2.24) is 5.32 Å². The summed E-state index contributed by atoms with van der Waals surface area (Å²) < 4.78 is 0. The molecule has 0 spiro atoms. The average molecular weight is 418 g/mol. The molecule has 0 aliphatic rings. The number of thiocarbonyl (C=S) groups is 1. The summed E-state index contributed by atoms with van der Waals surface area (Å²) in [6.45, 7) is 4.31. The largest absolute Gasteiger partial charge is 0.332 e. The number of carbonyl (C=O) groups is 2. The quantitative estimate of drug-likeness (QED) is 0.586. The first-order valence-corrected chi connectivity index (χ1v) is 10.1. The van der Waals surface area contributed by atoms with Crippen molar-refractivity contribution in [3.8, 4) is 0 Å². The molecular weight excluding hydrogens is 394 g/mol. The molecule has 0 atom stereocenters. The lowest BCUT2D eigenvalue weighted by molar-refractivity contribution is 0.0973. The van der Waals surface area contributed by atoms with Crippen molar-refractivity contribution >= 4 is 40.5 Å². The smallest absolute Gasteiger partial charge is 0.260 e. The van der Waals surface area contributed by atoms with Crippen LogP contribution in [0.4, 0.5) is 11.4 Å². The zero-order valence-corrected chi connectivity index (χ0v) is 17.7. The minimum atomic E-state index is -0.297. The lowest BCUT2D eigenvalue weighted by Gasteiger charge is -2.23. The highest BCUT2D eigenvalue weighted by Gasteiger charge is 2.20. The van der Waals surface area contributed by atoms with Gasteiger partial charge in [0.05, 0.1) is 11.3 Å². The van der Waals surface area contributed by atoms with Crippen molar-refractivity contribution in [2.24, 2.45) is 0 Å². The Hall–Kier alpha value is -3.51. The van der Waals surface area contributed by atoms with E-state index >= 15 is 0 Å². The third-order valence-corrected chi connectivity index (χ3v) is 4.86. The van der Waals surface area contributed by atoms with E-state index in [2.05, 4.69) is 10.6 Å². The molecule has 2 N–H and O–H groups in total. The van der Waals surface area contributed by atoms with Gasteiger partial charge in [-0.2, -0.15) is 0 Å². The summed E-state index contributed by atoms with van der Waals surface area (Å²) in [4.78, 5) is 27.4. The highest BCUT2D eigenvalue weighted by molar-refractivity contribution is 7.80. The summed E-state index contributed by atoms with van der Waals surface area (Å²) in [7, 11) is 0. The zero-order valence-electron chi connectivity index (χ0n) is 16.9. The van der Waals surface area contributed by atoms with Crippen LogP contribution in [-0.2, 0) is 0 Å². The number of para-hydroxylation sites is 2.